The Morgan fingerprint density at radius 3 is 1.90 bits per heavy atom. The molecular formula is C27H42F2. The number of unbranched alkanes of at least 4 members (excludes halogenated alkanes) is 9. The summed E-state index contributed by atoms with van der Waals surface area (Å²) in [6, 6.07) is 8.36. The van der Waals surface area contributed by atoms with Gasteiger partial charge in [-0.3, -0.25) is 0 Å². The van der Waals surface area contributed by atoms with E-state index in [9.17, 15) is 8.78 Å². The van der Waals surface area contributed by atoms with Crippen molar-refractivity contribution < 1.29 is 8.78 Å². The lowest BCUT2D eigenvalue weighted by atomic mass is 9.77. The van der Waals surface area contributed by atoms with Gasteiger partial charge in [-0.25, -0.2) is 0 Å². The van der Waals surface area contributed by atoms with Crippen LogP contribution in [0, 0.1) is 5.92 Å². The fourth-order valence-electron chi connectivity index (χ4n) is 4.83. The van der Waals surface area contributed by atoms with Gasteiger partial charge in [-0.2, -0.15) is 8.78 Å². The molecule has 1 fully saturated rings. The summed E-state index contributed by atoms with van der Waals surface area (Å²) in [5.74, 6) is 1.60. The van der Waals surface area contributed by atoms with Crippen LogP contribution in [0.5, 0.6) is 0 Å². The third kappa shape index (κ3) is 10.4. The summed E-state index contributed by atoms with van der Waals surface area (Å²) >= 11 is 0. The standard InChI is InChI=1S/C27H42F2/c1-2-3-4-5-6-7-8-9-10-11-12-23-13-18-25(19-14-23)26-20-15-24(16-21-26)17-22-27(28)29/h15-16,20-23,25H,2-14,17-19H2,1H3/t23-,25-. The summed E-state index contributed by atoms with van der Waals surface area (Å²) in [6.07, 6.45) is 20.7. The Hall–Kier alpha value is -1.18. The highest BCUT2D eigenvalue weighted by molar-refractivity contribution is 5.27. The van der Waals surface area contributed by atoms with Crippen LogP contribution in [0.2, 0.25) is 0 Å². The number of halogens is 2. The van der Waals surface area contributed by atoms with Crippen LogP contribution in [-0.2, 0) is 6.42 Å². The van der Waals surface area contributed by atoms with Crippen molar-refractivity contribution in [2.75, 3.05) is 0 Å². The summed E-state index contributed by atoms with van der Waals surface area (Å²) < 4.78 is 24.4. The van der Waals surface area contributed by atoms with E-state index < -0.39 is 6.08 Å². The van der Waals surface area contributed by atoms with Crippen molar-refractivity contribution in [2.45, 2.75) is 116 Å². The largest absolute Gasteiger partial charge is 0.266 e. The average molecular weight is 405 g/mol. The van der Waals surface area contributed by atoms with E-state index >= 15 is 0 Å². The average Bonchev–Trinajstić information content (AvgIpc) is 2.74. The van der Waals surface area contributed by atoms with Gasteiger partial charge in [-0.05, 0) is 61.1 Å². The maximum Gasteiger partial charge on any atom is 0.266 e. The van der Waals surface area contributed by atoms with E-state index in [1.54, 1.807) is 0 Å². The molecule has 164 valence electrons. The second kappa shape index (κ2) is 14.7. The lowest BCUT2D eigenvalue weighted by molar-refractivity contribution is 0.301. The molecule has 0 saturated heterocycles. The highest BCUT2D eigenvalue weighted by Crippen LogP contribution is 2.37. The molecule has 1 aliphatic carbocycles. The zero-order valence-corrected chi connectivity index (χ0v) is 18.6. The molecule has 1 aromatic carbocycles. The fourth-order valence-corrected chi connectivity index (χ4v) is 4.83. The molecule has 0 spiro atoms. The molecule has 0 atom stereocenters. The highest BCUT2D eigenvalue weighted by atomic mass is 19.3. The first-order valence-electron chi connectivity index (χ1n) is 12.3. The molecule has 1 aromatic rings. The van der Waals surface area contributed by atoms with Crippen LogP contribution in [0.1, 0.15) is 120 Å². The van der Waals surface area contributed by atoms with Crippen molar-refractivity contribution in [1.29, 1.82) is 0 Å². The van der Waals surface area contributed by atoms with Crippen molar-refractivity contribution in [2.24, 2.45) is 5.92 Å². The molecule has 0 unspecified atom stereocenters. The third-order valence-electron chi connectivity index (χ3n) is 6.76. The smallest absolute Gasteiger partial charge is 0.174 e. The van der Waals surface area contributed by atoms with E-state index in [2.05, 4.69) is 19.1 Å². The van der Waals surface area contributed by atoms with Crippen LogP contribution in [-0.4, -0.2) is 0 Å². The van der Waals surface area contributed by atoms with Crippen LogP contribution >= 0.6 is 0 Å². The Labute approximate surface area is 178 Å². The summed E-state index contributed by atoms with van der Waals surface area (Å²) in [6.45, 7) is 2.28. The molecule has 0 N–H and O–H groups in total. The van der Waals surface area contributed by atoms with Crippen molar-refractivity contribution in [3.63, 3.8) is 0 Å². The third-order valence-corrected chi connectivity index (χ3v) is 6.76. The molecule has 0 bridgehead atoms. The monoisotopic (exact) mass is 404 g/mol. The zero-order valence-electron chi connectivity index (χ0n) is 18.6. The van der Waals surface area contributed by atoms with E-state index in [1.165, 1.54) is 102 Å². The van der Waals surface area contributed by atoms with Gasteiger partial charge in [0.1, 0.15) is 0 Å². The molecule has 0 radical (unpaired) electrons. The molecule has 1 aliphatic rings. The van der Waals surface area contributed by atoms with Gasteiger partial charge < -0.3 is 0 Å². The number of rotatable bonds is 14. The predicted octanol–water partition coefficient (Wildman–Crippen LogP) is 9.59. The molecule has 0 heterocycles. The first kappa shape index (κ1) is 24.1. The second-order valence-electron chi connectivity index (χ2n) is 9.13. The summed E-state index contributed by atoms with van der Waals surface area (Å²) in [7, 11) is 0. The molecule has 29 heavy (non-hydrogen) atoms. The first-order valence-corrected chi connectivity index (χ1v) is 12.3. The molecule has 2 heteroatoms. The van der Waals surface area contributed by atoms with E-state index in [4.69, 9.17) is 0 Å². The SMILES string of the molecule is CCCCCCCCCCCC[C@H]1CC[C@H](c2ccc(CC=C(F)F)cc2)CC1. The van der Waals surface area contributed by atoms with Gasteiger partial charge in [0, 0.05) is 0 Å². The maximum absolute atomic E-state index is 12.2. The zero-order chi connectivity index (χ0) is 20.7. The lowest BCUT2D eigenvalue weighted by Crippen LogP contribution is -2.13. The quantitative estimate of drug-likeness (QED) is 0.271. The van der Waals surface area contributed by atoms with E-state index in [1.807, 2.05) is 12.1 Å². The molecule has 0 aromatic heterocycles. The molecular weight excluding hydrogens is 362 g/mol. The molecule has 0 aliphatic heterocycles. The topological polar surface area (TPSA) is 0 Å². The summed E-state index contributed by atoms with van der Waals surface area (Å²) in [4.78, 5) is 0. The van der Waals surface area contributed by atoms with Gasteiger partial charge in [0.15, 0.2) is 0 Å². The number of allylic oxidation sites excluding steroid dienone is 1. The molecule has 2 rings (SSSR count). The minimum absolute atomic E-state index is 0.328. The molecule has 0 amide bonds. The Morgan fingerprint density at radius 2 is 1.34 bits per heavy atom. The van der Waals surface area contributed by atoms with E-state index in [-0.39, 0.29) is 0 Å². The van der Waals surface area contributed by atoms with Gasteiger partial charge >= 0.3 is 0 Å². The Balaban J connectivity index is 1.52. The minimum atomic E-state index is -1.59. The fraction of sp³-hybridized carbons (Fsp3) is 0.704. The van der Waals surface area contributed by atoms with Gasteiger partial charge in [-0.15, -0.1) is 0 Å². The molecule has 0 nitrogen and oxygen atoms in total. The lowest BCUT2D eigenvalue weighted by Gasteiger charge is -2.29. The normalized spacial score (nSPS) is 19.3. The van der Waals surface area contributed by atoms with E-state index in [0.29, 0.717) is 12.3 Å². The van der Waals surface area contributed by atoms with Crippen molar-refractivity contribution >= 4 is 0 Å². The van der Waals surface area contributed by atoms with Crippen LogP contribution < -0.4 is 0 Å². The van der Waals surface area contributed by atoms with Crippen LogP contribution in [0.15, 0.2) is 36.4 Å². The van der Waals surface area contributed by atoms with Crippen molar-refractivity contribution in [3.8, 4) is 0 Å². The van der Waals surface area contributed by atoms with Gasteiger partial charge in [-0.1, -0.05) is 102 Å². The van der Waals surface area contributed by atoms with Gasteiger partial charge in [0.2, 0.25) is 0 Å². The van der Waals surface area contributed by atoms with Gasteiger partial charge in [0.05, 0.1) is 0 Å². The van der Waals surface area contributed by atoms with Crippen LogP contribution in [0.25, 0.3) is 0 Å². The van der Waals surface area contributed by atoms with Gasteiger partial charge in [0.25, 0.3) is 6.08 Å². The van der Waals surface area contributed by atoms with Crippen LogP contribution in [0.4, 0.5) is 8.78 Å². The molecule has 1 saturated carbocycles. The number of benzene rings is 1. The van der Waals surface area contributed by atoms with E-state index in [0.717, 1.165) is 17.6 Å². The minimum Gasteiger partial charge on any atom is -0.174 e. The summed E-state index contributed by atoms with van der Waals surface area (Å²) in [5, 5.41) is 0. The Bertz CT molecular complexity index is 548. The highest BCUT2D eigenvalue weighted by Gasteiger charge is 2.21. The summed E-state index contributed by atoms with van der Waals surface area (Å²) in [5.41, 5.74) is 2.37. The maximum atomic E-state index is 12.2. The Kier molecular flexibility index (Phi) is 12.3. The Morgan fingerprint density at radius 1 is 0.793 bits per heavy atom. The predicted molar refractivity (Wildman–Crippen MR) is 122 cm³/mol. The van der Waals surface area contributed by atoms with Crippen LogP contribution in [0.3, 0.4) is 0 Å². The first-order chi connectivity index (χ1) is 14.2. The van der Waals surface area contributed by atoms with Crippen molar-refractivity contribution in [1.82, 2.24) is 0 Å². The number of hydrogen-bond acceptors (Lipinski definition) is 0. The second-order valence-corrected chi connectivity index (χ2v) is 9.13. The number of hydrogen-bond donors (Lipinski definition) is 0. The van der Waals surface area contributed by atoms with Crippen molar-refractivity contribution in [3.05, 3.63) is 47.5 Å².